The fraction of sp³-hybridized carbons (Fsp3) is 0.320. The monoisotopic (exact) mass is 436 g/mol. The van der Waals surface area contributed by atoms with Crippen molar-refractivity contribution in [2.45, 2.75) is 26.8 Å². The molecule has 1 atom stereocenters. The van der Waals surface area contributed by atoms with Crippen LogP contribution < -0.4 is 4.74 Å². The maximum absolute atomic E-state index is 13.1. The number of likely N-dealkylation sites (tertiary alicyclic amines) is 1. The molecule has 7 heteroatoms. The van der Waals surface area contributed by atoms with Crippen LogP contribution in [0.5, 0.6) is 5.75 Å². The Kier molecular flexibility index (Phi) is 7.43. The second-order valence-electron chi connectivity index (χ2n) is 7.55. The zero-order chi connectivity index (χ0) is 23.3. The third kappa shape index (κ3) is 4.89. The van der Waals surface area contributed by atoms with E-state index in [2.05, 4.69) is 4.90 Å². The minimum atomic E-state index is -0.790. The fourth-order valence-electron chi connectivity index (χ4n) is 3.91. The van der Waals surface area contributed by atoms with Crippen LogP contribution in [0, 0.1) is 0 Å². The lowest BCUT2D eigenvalue weighted by atomic mass is 9.95. The maximum atomic E-state index is 13.1. The number of aliphatic hydroxyl groups is 1. The molecule has 2 aromatic rings. The number of ketones is 1. The van der Waals surface area contributed by atoms with Crippen molar-refractivity contribution in [3.8, 4) is 5.75 Å². The number of esters is 1. The van der Waals surface area contributed by atoms with Crippen LogP contribution >= 0.6 is 0 Å². The van der Waals surface area contributed by atoms with Crippen LogP contribution in [-0.2, 0) is 14.4 Å². The molecule has 0 saturated carbocycles. The van der Waals surface area contributed by atoms with Gasteiger partial charge in [-0.05, 0) is 30.8 Å². The number of benzene rings is 2. The van der Waals surface area contributed by atoms with Crippen molar-refractivity contribution in [2.75, 3.05) is 26.2 Å². The van der Waals surface area contributed by atoms with E-state index in [9.17, 15) is 19.5 Å². The van der Waals surface area contributed by atoms with E-state index in [1.165, 1.54) is 11.8 Å². The van der Waals surface area contributed by atoms with Gasteiger partial charge in [-0.2, -0.15) is 0 Å². The van der Waals surface area contributed by atoms with Crippen LogP contribution in [0.3, 0.4) is 0 Å². The zero-order valence-electron chi connectivity index (χ0n) is 18.6. The van der Waals surface area contributed by atoms with Gasteiger partial charge in [-0.15, -0.1) is 0 Å². The van der Waals surface area contributed by atoms with Crippen LogP contribution in [0.2, 0.25) is 0 Å². The predicted molar refractivity (Wildman–Crippen MR) is 121 cm³/mol. The minimum Gasteiger partial charge on any atom is -0.507 e. The molecule has 32 heavy (non-hydrogen) atoms. The highest BCUT2D eigenvalue weighted by molar-refractivity contribution is 6.46. The number of ether oxygens (including phenoxy) is 1. The molecule has 1 fully saturated rings. The lowest BCUT2D eigenvalue weighted by Crippen LogP contribution is -2.38. The van der Waals surface area contributed by atoms with Crippen molar-refractivity contribution in [3.05, 3.63) is 71.3 Å². The standard InChI is InChI=1S/C25H28N2O5/c1-4-26(5-2)14-15-27-22(19-12-9-13-20(16-19)32-17(3)28)21(24(30)25(27)31)23(29)18-10-7-6-8-11-18/h6-13,16,22,29H,4-5,14-15H2,1-3H3/b23-21-. The van der Waals surface area contributed by atoms with Crippen molar-refractivity contribution < 1.29 is 24.2 Å². The Hall–Kier alpha value is -3.45. The molecule has 1 aliphatic heterocycles. The van der Waals surface area contributed by atoms with Crippen LogP contribution in [0.1, 0.15) is 37.9 Å². The minimum absolute atomic E-state index is 0.0284. The molecule has 1 aliphatic rings. The number of amides is 1. The number of carbonyl (C=O) groups is 3. The maximum Gasteiger partial charge on any atom is 0.308 e. The van der Waals surface area contributed by atoms with Crippen molar-refractivity contribution in [3.63, 3.8) is 0 Å². The molecule has 1 amide bonds. The van der Waals surface area contributed by atoms with Gasteiger partial charge in [0.25, 0.3) is 11.7 Å². The van der Waals surface area contributed by atoms with Gasteiger partial charge in [0, 0.05) is 25.6 Å². The highest BCUT2D eigenvalue weighted by atomic mass is 16.5. The first-order chi connectivity index (χ1) is 15.4. The van der Waals surface area contributed by atoms with Crippen molar-refractivity contribution in [1.82, 2.24) is 9.80 Å². The highest BCUT2D eigenvalue weighted by Crippen LogP contribution is 2.40. The van der Waals surface area contributed by atoms with E-state index in [1.807, 2.05) is 13.8 Å². The first-order valence-electron chi connectivity index (χ1n) is 10.7. The SMILES string of the molecule is CCN(CC)CCN1C(=O)C(=O)/C(=C(\O)c2ccccc2)C1c1cccc(OC(C)=O)c1. The van der Waals surface area contributed by atoms with E-state index in [-0.39, 0.29) is 11.3 Å². The number of hydrogen-bond acceptors (Lipinski definition) is 6. The molecule has 2 aromatic carbocycles. The van der Waals surface area contributed by atoms with Crippen LogP contribution in [0.4, 0.5) is 0 Å². The van der Waals surface area contributed by atoms with Gasteiger partial charge in [0.05, 0.1) is 11.6 Å². The summed E-state index contributed by atoms with van der Waals surface area (Å²) in [6.45, 7) is 7.91. The Morgan fingerprint density at radius 2 is 1.75 bits per heavy atom. The third-order valence-corrected chi connectivity index (χ3v) is 5.57. The molecule has 0 aliphatic carbocycles. The molecule has 1 unspecified atom stereocenters. The summed E-state index contributed by atoms with van der Waals surface area (Å²) in [5, 5.41) is 11.0. The molecule has 3 rings (SSSR count). The lowest BCUT2D eigenvalue weighted by Gasteiger charge is -2.28. The molecule has 0 bridgehead atoms. The molecule has 7 nitrogen and oxygen atoms in total. The van der Waals surface area contributed by atoms with Crippen molar-refractivity contribution in [2.24, 2.45) is 0 Å². The van der Waals surface area contributed by atoms with E-state index in [0.29, 0.717) is 30.0 Å². The average Bonchev–Trinajstić information content (AvgIpc) is 3.04. The van der Waals surface area contributed by atoms with Gasteiger partial charge >= 0.3 is 5.97 Å². The first-order valence-corrected chi connectivity index (χ1v) is 10.7. The summed E-state index contributed by atoms with van der Waals surface area (Å²) in [6.07, 6.45) is 0. The number of nitrogens with zero attached hydrogens (tertiary/aromatic N) is 2. The van der Waals surface area contributed by atoms with Gasteiger partial charge < -0.3 is 19.6 Å². The van der Waals surface area contributed by atoms with Gasteiger partial charge in [-0.25, -0.2) is 0 Å². The van der Waals surface area contributed by atoms with Gasteiger partial charge in [0.1, 0.15) is 11.5 Å². The van der Waals surface area contributed by atoms with Crippen molar-refractivity contribution in [1.29, 1.82) is 0 Å². The van der Waals surface area contributed by atoms with E-state index in [1.54, 1.807) is 54.6 Å². The van der Waals surface area contributed by atoms with Gasteiger partial charge in [-0.1, -0.05) is 56.3 Å². The van der Waals surface area contributed by atoms with E-state index >= 15 is 0 Å². The molecular weight excluding hydrogens is 408 g/mol. The summed E-state index contributed by atoms with van der Waals surface area (Å²) in [4.78, 5) is 41.1. The fourth-order valence-corrected chi connectivity index (χ4v) is 3.91. The summed E-state index contributed by atoms with van der Waals surface area (Å²) in [5.41, 5.74) is 1.07. The smallest absolute Gasteiger partial charge is 0.308 e. The molecule has 0 spiro atoms. The van der Waals surface area contributed by atoms with Crippen LogP contribution in [0.15, 0.2) is 60.2 Å². The van der Waals surface area contributed by atoms with E-state index in [4.69, 9.17) is 4.74 Å². The number of Topliss-reactive ketones (excluding diaryl/α,β-unsaturated/α-hetero) is 1. The summed E-state index contributed by atoms with van der Waals surface area (Å²) >= 11 is 0. The molecule has 1 saturated heterocycles. The summed E-state index contributed by atoms with van der Waals surface area (Å²) in [5.74, 6) is -1.77. The number of rotatable bonds is 8. The van der Waals surface area contributed by atoms with E-state index in [0.717, 1.165) is 13.1 Å². The Morgan fingerprint density at radius 3 is 2.38 bits per heavy atom. The third-order valence-electron chi connectivity index (χ3n) is 5.57. The molecule has 1 heterocycles. The van der Waals surface area contributed by atoms with Crippen molar-refractivity contribution >= 4 is 23.4 Å². The van der Waals surface area contributed by atoms with Crippen LogP contribution in [-0.4, -0.2) is 58.7 Å². The number of aliphatic hydroxyl groups excluding tert-OH is 1. The predicted octanol–water partition coefficient (Wildman–Crippen LogP) is 3.38. The Labute approximate surface area is 187 Å². The number of carbonyl (C=O) groups excluding carboxylic acids is 3. The quantitative estimate of drug-likeness (QED) is 0.224. The van der Waals surface area contributed by atoms with Gasteiger partial charge in [0.2, 0.25) is 0 Å². The molecule has 0 aromatic heterocycles. The summed E-state index contributed by atoms with van der Waals surface area (Å²) in [7, 11) is 0. The largest absolute Gasteiger partial charge is 0.507 e. The Morgan fingerprint density at radius 1 is 1.06 bits per heavy atom. The molecule has 1 N–H and O–H groups in total. The first kappa shape index (κ1) is 23.2. The van der Waals surface area contributed by atoms with E-state index < -0.39 is 23.7 Å². The lowest BCUT2D eigenvalue weighted by molar-refractivity contribution is -0.140. The molecular formula is C25H28N2O5. The Balaban J connectivity index is 2.10. The number of likely N-dealkylation sites (N-methyl/N-ethyl adjacent to an activating group) is 1. The highest BCUT2D eigenvalue weighted by Gasteiger charge is 2.46. The topological polar surface area (TPSA) is 87.2 Å². The zero-order valence-corrected chi connectivity index (χ0v) is 18.6. The van der Waals surface area contributed by atoms with Gasteiger partial charge in [-0.3, -0.25) is 14.4 Å². The number of hydrogen-bond donors (Lipinski definition) is 1. The second kappa shape index (κ2) is 10.2. The molecule has 0 radical (unpaired) electrons. The summed E-state index contributed by atoms with van der Waals surface area (Å²) < 4.78 is 5.20. The molecule has 168 valence electrons. The summed E-state index contributed by atoms with van der Waals surface area (Å²) in [6, 6.07) is 14.6. The average molecular weight is 437 g/mol. The van der Waals surface area contributed by atoms with Crippen LogP contribution in [0.25, 0.3) is 5.76 Å². The Bertz CT molecular complexity index is 1030. The van der Waals surface area contributed by atoms with Gasteiger partial charge in [0.15, 0.2) is 0 Å². The second-order valence-corrected chi connectivity index (χ2v) is 7.55. The normalized spacial score (nSPS) is 17.8.